The van der Waals surface area contributed by atoms with Gasteiger partial charge in [-0.2, -0.15) is 0 Å². The molecule has 6 heteroatoms. The Morgan fingerprint density at radius 1 is 1.48 bits per heavy atom. The number of amides is 1. The van der Waals surface area contributed by atoms with Crippen molar-refractivity contribution in [1.82, 2.24) is 19.4 Å². The second-order valence-electron chi connectivity index (χ2n) is 5.80. The maximum atomic E-state index is 13.0. The average molecular weight is 314 g/mol. The largest absolute Gasteiger partial charge is 0.477 e. The Morgan fingerprint density at radius 3 is 3.00 bits per heavy atom. The van der Waals surface area contributed by atoms with Crippen LogP contribution in [0.15, 0.2) is 24.5 Å². The molecule has 2 aromatic rings. The molecule has 0 saturated carbocycles. The van der Waals surface area contributed by atoms with Crippen molar-refractivity contribution in [2.45, 2.75) is 32.7 Å². The Morgan fingerprint density at radius 2 is 2.30 bits per heavy atom. The fraction of sp³-hybridized carbons (Fsp3) is 0.471. The first-order chi connectivity index (χ1) is 11.1. The second kappa shape index (κ2) is 6.40. The molecule has 122 valence electrons. The molecule has 0 spiro atoms. The third-order valence-corrected chi connectivity index (χ3v) is 4.13. The molecule has 2 aromatic heterocycles. The fourth-order valence-corrected chi connectivity index (χ4v) is 3.18. The van der Waals surface area contributed by atoms with Gasteiger partial charge >= 0.3 is 0 Å². The minimum atomic E-state index is -0.0373. The first-order valence-electron chi connectivity index (χ1n) is 8.00. The van der Waals surface area contributed by atoms with E-state index in [9.17, 15) is 4.79 Å². The zero-order valence-corrected chi connectivity index (χ0v) is 13.8. The van der Waals surface area contributed by atoms with Gasteiger partial charge in [-0.3, -0.25) is 4.79 Å². The number of aromatic nitrogens is 3. The second-order valence-corrected chi connectivity index (χ2v) is 5.80. The Kier molecular flexibility index (Phi) is 4.32. The van der Waals surface area contributed by atoms with Crippen LogP contribution >= 0.6 is 0 Å². The molecular weight excluding hydrogens is 292 g/mol. The van der Waals surface area contributed by atoms with Gasteiger partial charge in [0, 0.05) is 26.0 Å². The minimum absolute atomic E-state index is 0.0101. The van der Waals surface area contributed by atoms with Gasteiger partial charge in [0.25, 0.3) is 5.91 Å². The minimum Gasteiger partial charge on any atom is -0.477 e. The zero-order valence-electron chi connectivity index (χ0n) is 13.8. The molecule has 0 aromatic carbocycles. The van der Waals surface area contributed by atoms with Crippen molar-refractivity contribution in [3.8, 4) is 5.88 Å². The number of hydrogen-bond acceptors (Lipinski definition) is 4. The standard InChI is InChI=1S/C17H22N4O2/c1-4-23-16-13(7-5-9-18-16)17(22)21-10-6-8-14(21)15-19-12(2)11-20(15)3/h5,7,9,11,14H,4,6,8,10H2,1-3H3/t14-/m0/s1. The van der Waals surface area contributed by atoms with E-state index in [2.05, 4.69) is 9.97 Å². The summed E-state index contributed by atoms with van der Waals surface area (Å²) in [5, 5.41) is 0. The van der Waals surface area contributed by atoms with Crippen LogP contribution < -0.4 is 4.74 Å². The summed E-state index contributed by atoms with van der Waals surface area (Å²) in [6, 6.07) is 3.56. The third-order valence-electron chi connectivity index (χ3n) is 4.13. The van der Waals surface area contributed by atoms with Gasteiger partial charge in [-0.25, -0.2) is 9.97 Å². The number of carbonyl (C=O) groups excluding carboxylic acids is 1. The average Bonchev–Trinajstić information content (AvgIpc) is 3.13. The van der Waals surface area contributed by atoms with Gasteiger partial charge in [0.1, 0.15) is 11.4 Å². The molecule has 0 aliphatic carbocycles. The van der Waals surface area contributed by atoms with Gasteiger partial charge in [-0.15, -0.1) is 0 Å². The van der Waals surface area contributed by atoms with Gasteiger partial charge in [0.05, 0.1) is 18.3 Å². The highest BCUT2D eigenvalue weighted by Gasteiger charge is 2.34. The molecule has 23 heavy (non-hydrogen) atoms. The molecule has 3 heterocycles. The van der Waals surface area contributed by atoms with Gasteiger partial charge in [-0.1, -0.05) is 0 Å². The highest BCUT2D eigenvalue weighted by molar-refractivity contribution is 5.96. The number of aryl methyl sites for hydroxylation is 2. The van der Waals surface area contributed by atoms with Crippen LogP contribution in [0.25, 0.3) is 0 Å². The van der Waals surface area contributed by atoms with E-state index in [1.165, 1.54) is 0 Å². The molecular formula is C17H22N4O2. The highest BCUT2D eigenvalue weighted by atomic mass is 16.5. The number of carbonyl (C=O) groups is 1. The van der Waals surface area contributed by atoms with Crippen LogP contribution in [0.3, 0.4) is 0 Å². The van der Waals surface area contributed by atoms with Gasteiger partial charge in [-0.05, 0) is 38.8 Å². The van der Waals surface area contributed by atoms with E-state index in [1.807, 2.05) is 36.6 Å². The predicted molar refractivity (Wildman–Crippen MR) is 86.4 cm³/mol. The SMILES string of the molecule is CCOc1ncccc1C(=O)N1CCC[C@H]1c1nc(C)cn1C. The monoisotopic (exact) mass is 314 g/mol. The molecule has 1 atom stereocenters. The van der Waals surface area contributed by atoms with Gasteiger partial charge in [0.15, 0.2) is 0 Å². The molecule has 1 amide bonds. The smallest absolute Gasteiger partial charge is 0.259 e. The Balaban J connectivity index is 1.91. The van der Waals surface area contributed by atoms with E-state index in [-0.39, 0.29) is 11.9 Å². The van der Waals surface area contributed by atoms with Crippen LogP contribution in [0.1, 0.15) is 47.7 Å². The van der Waals surface area contributed by atoms with Crippen molar-refractivity contribution < 1.29 is 9.53 Å². The fourth-order valence-electron chi connectivity index (χ4n) is 3.18. The van der Waals surface area contributed by atoms with Crippen molar-refractivity contribution in [3.05, 3.63) is 41.6 Å². The normalized spacial score (nSPS) is 17.5. The lowest BCUT2D eigenvalue weighted by atomic mass is 10.1. The first kappa shape index (κ1) is 15.5. The summed E-state index contributed by atoms with van der Waals surface area (Å²) in [5.74, 6) is 1.31. The van der Waals surface area contributed by atoms with Crippen LogP contribution in [0.2, 0.25) is 0 Å². The zero-order chi connectivity index (χ0) is 16.4. The molecule has 0 bridgehead atoms. The molecule has 1 aliphatic heterocycles. The first-order valence-corrected chi connectivity index (χ1v) is 8.00. The number of hydrogen-bond donors (Lipinski definition) is 0. The number of ether oxygens (including phenoxy) is 1. The maximum absolute atomic E-state index is 13.0. The van der Waals surface area contributed by atoms with E-state index in [0.29, 0.717) is 18.1 Å². The van der Waals surface area contributed by atoms with Crippen LogP contribution in [-0.4, -0.2) is 38.5 Å². The van der Waals surface area contributed by atoms with E-state index in [0.717, 1.165) is 30.9 Å². The highest BCUT2D eigenvalue weighted by Crippen LogP contribution is 2.33. The van der Waals surface area contributed by atoms with Crippen molar-refractivity contribution in [3.63, 3.8) is 0 Å². The lowest BCUT2D eigenvalue weighted by Gasteiger charge is -2.25. The van der Waals surface area contributed by atoms with E-state index >= 15 is 0 Å². The summed E-state index contributed by atoms with van der Waals surface area (Å²) in [6.07, 6.45) is 5.55. The Hall–Kier alpha value is -2.37. The number of rotatable bonds is 4. The topological polar surface area (TPSA) is 60.2 Å². The molecule has 1 fully saturated rings. The number of nitrogens with zero attached hydrogens (tertiary/aromatic N) is 4. The third kappa shape index (κ3) is 2.93. The molecule has 3 rings (SSSR count). The lowest BCUT2D eigenvalue weighted by molar-refractivity contribution is 0.0723. The summed E-state index contributed by atoms with van der Waals surface area (Å²) in [7, 11) is 1.98. The van der Waals surface area contributed by atoms with Crippen LogP contribution in [0, 0.1) is 6.92 Å². The lowest BCUT2D eigenvalue weighted by Crippen LogP contribution is -2.32. The summed E-state index contributed by atoms with van der Waals surface area (Å²) in [6.45, 7) is 5.08. The number of imidazole rings is 1. The number of likely N-dealkylation sites (tertiary alicyclic amines) is 1. The molecule has 0 N–H and O–H groups in total. The summed E-state index contributed by atoms with van der Waals surface area (Å²) in [4.78, 5) is 23.7. The molecule has 6 nitrogen and oxygen atoms in total. The van der Waals surface area contributed by atoms with Crippen molar-refractivity contribution in [2.75, 3.05) is 13.2 Å². The molecule has 1 saturated heterocycles. The predicted octanol–water partition coefficient (Wildman–Crippen LogP) is 2.50. The van der Waals surface area contributed by atoms with Crippen molar-refractivity contribution in [2.24, 2.45) is 7.05 Å². The summed E-state index contributed by atoms with van der Waals surface area (Å²) >= 11 is 0. The quantitative estimate of drug-likeness (QED) is 0.870. The van der Waals surface area contributed by atoms with Crippen molar-refractivity contribution >= 4 is 5.91 Å². The van der Waals surface area contributed by atoms with Crippen molar-refractivity contribution in [1.29, 1.82) is 0 Å². The summed E-state index contributed by atoms with van der Waals surface area (Å²) < 4.78 is 7.52. The number of pyridine rings is 1. The molecule has 0 unspecified atom stereocenters. The Bertz CT molecular complexity index is 710. The molecule has 1 aliphatic rings. The van der Waals surface area contributed by atoms with Crippen LogP contribution in [0.5, 0.6) is 5.88 Å². The van der Waals surface area contributed by atoms with Crippen LogP contribution in [0.4, 0.5) is 0 Å². The van der Waals surface area contributed by atoms with Gasteiger partial charge < -0.3 is 14.2 Å². The maximum Gasteiger partial charge on any atom is 0.259 e. The van der Waals surface area contributed by atoms with E-state index in [1.54, 1.807) is 18.3 Å². The Labute approximate surface area is 136 Å². The van der Waals surface area contributed by atoms with E-state index < -0.39 is 0 Å². The van der Waals surface area contributed by atoms with Crippen LogP contribution in [-0.2, 0) is 7.05 Å². The van der Waals surface area contributed by atoms with Gasteiger partial charge in [0.2, 0.25) is 5.88 Å². The van der Waals surface area contributed by atoms with E-state index in [4.69, 9.17) is 4.74 Å². The molecule has 0 radical (unpaired) electrons. The summed E-state index contributed by atoms with van der Waals surface area (Å²) in [5.41, 5.74) is 1.49.